The molecule has 0 saturated heterocycles. The topological polar surface area (TPSA) is 49.7 Å². The normalized spacial score (nSPS) is 10.7. The number of nitrogens with zero attached hydrogens (tertiary/aromatic N) is 1. The minimum atomic E-state index is 0.0508. The van der Waals surface area contributed by atoms with Crippen LogP contribution in [0, 0.1) is 0 Å². The van der Waals surface area contributed by atoms with Gasteiger partial charge in [-0.15, -0.1) is 0 Å². The summed E-state index contributed by atoms with van der Waals surface area (Å²) in [4.78, 5) is 12.9. The Morgan fingerprint density at radius 3 is 2.20 bits per heavy atom. The molecule has 3 rings (SSSR count). The number of ether oxygens (including phenoxy) is 3. The van der Waals surface area contributed by atoms with Crippen LogP contribution in [-0.4, -0.2) is 31.7 Å². The highest BCUT2D eigenvalue weighted by atomic mass is 16.5. The predicted molar refractivity (Wildman–Crippen MR) is 97.1 cm³/mol. The smallest absolute Gasteiger partial charge is 0.184 e. The number of ketones is 1. The largest absolute Gasteiger partial charge is 0.497 e. The lowest BCUT2D eigenvalue weighted by atomic mass is 10.0. The fourth-order valence-corrected chi connectivity index (χ4v) is 3.03. The lowest BCUT2D eigenvalue weighted by Gasteiger charge is -2.08. The molecule has 0 spiro atoms. The molecule has 0 aliphatic carbocycles. The van der Waals surface area contributed by atoms with E-state index in [1.807, 2.05) is 54.2 Å². The average Bonchev–Trinajstić information content (AvgIpc) is 2.95. The minimum Gasteiger partial charge on any atom is -0.497 e. The third-order valence-corrected chi connectivity index (χ3v) is 4.28. The molecule has 2 aromatic carbocycles. The summed E-state index contributed by atoms with van der Waals surface area (Å²) in [6.45, 7) is 0. The van der Waals surface area contributed by atoms with E-state index < -0.39 is 0 Å². The second-order valence-corrected chi connectivity index (χ2v) is 5.83. The third kappa shape index (κ3) is 3.18. The Kier molecular flexibility index (Phi) is 4.65. The Balaban J connectivity index is 1.98. The van der Waals surface area contributed by atoms with E-state index in [2.05, 4.69) is 0 Å². The van der Waals surface area contributed by atoms with E-state index in [4.69, 9.17) is 14.2 Å². The van der Waals surface area contributed by atoms with Gasteiger partial charge in [0.05, 0.1) is 27.0 Å². The van der Waals surface area contributed by atoms with Crippen molar-refractivity contribution in [3.05, 3.63) is 53.9 Å². The van der Waals surface area contributed by atoms with Gasteiger partial charge in [0.1, 0.15) is 5.75 Å². The Labute approximate surface area is 146 Å². The van der Waals surface area contributed by atoms with E-state index in [1.54, 1.807) is 21.3 Å². The number of carbonyl (C=O) groups excluding carboxylic acids is 1. The van der Waals surface area contributed by atoms with Gasteiger partial charge >= 0.3 is 0 Å². The van der Waals surface area contributed by atoms with Crippen molar-refractivity contribution in [2.24, 2.45) is 7.05 Å². The number of fused-ring (bicyclic) bond motifs is 1. The maximum Gasteiger partial charge on any atom is 0.184 e. The van der Waals surface area contributed by atoms with Crippen molar-refractivity contribution in [3.8, 4) is 17.2 Å². The van der Waals surface area contributed by atoms with Crippen LogP contribution in [0.15, 0.2) is 42.6 Å². The van der Waals surface area contributed by atoms with Crippen molar-refractivity contribution in [2.45, 2.75) is 6.42 Å². The third-order valence-electron chi connectivity index (χ3n) is 4.28. The number of rotatable bonds is 6. The average molecular weight is 339 g/mol. The Bertz CT molecular complexity index is 910. The minimum absolute atomic E-state index is 0.0508. The molecule has 1 heterocycles. The van der Waals surface area contributed by atoms with Gasteiger partial charge in [-0.2, -0.15) is 0 Å². The number of methoxy groups -OCH3 is 3. The summed E-state index contributed by atoms with van der Waals surface area (Å²) < 4.78 is 17.7. The summed E-state index contributed by atoms with van der Waals surface area (Å²) in [5.74, 6) is 2.08. The van der Waals surface area contributed by atoms with Crippen molar-refractivity contribution >= 4 is 16.6 Å². The molecule has 5 heteroatoms. The zero-order valence-electron chi connectivity index (χ0n) is 14.8. The molecule has 1 aromatic heterocycles. The monoisotopic (exact) mass is 339 g/mol. The first-order valence-electron chi connectivity index (χ1n) is 7.94. The van der Waals surface area contributed by atoms with Crippen molar-refractivity contribution < 1.29 is 19.0 Å². The molecule has 3 aromatic rings. The molecule has 0 aliphatic rings. The van der Waals surface area contributed by atoms with Crippen LogP contribution in [0.2, 0.25) is 0 Å². The van der Waals surface area contributed by atoms with Crippen LogP contribution in [0.3, 0.4) is 0 Å². The summed E-state index contributed by atoms with van der Waals surface area (Å²) in [6, 6.07) is 11.3. The standard InChI is InChI=1S/C20H21NO4/c1-21-12-14-10-18(24-3)19(25-4)11-16(14)20(21)17(22)9-13-5-7-15(23-2)8-6-13/h5-8,10-12H,9H2,1-4H3. The quantitative estimate of drug-likeness (QED) is 0.644. The molecule has 0 bridgehead atoms. The van der Waals surface area contributed by atoms with Gasteiger partial charge in [-0.25, -0.2) is 0 Å². The van der Waals surface area contributed by atoms with E-state index in [-0.39, 0.29) is 5.78 Å². The van der Waals surface area contributed by atoms with Crippen LogP contribution in [0.4, 0.5) is 0 Å². The van der Waals surface area contributed by atoms with Crippen LogP contribution < -0.4 is 14.2 Å². The first-order chi connectivity index (χ1) is 12.1. The van der Waals surface area contributed by atoms with Crippen molar-refractivity contribution in [1.29, 1.82) is 0 Å². The Hall–Kier alpha value is -2.95. The summed E-state index contributed by atoms with van der Waals surface area (Å²) >= 11 is 0. The summed E-state index contributed by atoms with van der Waals surface area (Å²) in [5, 5.41) is 1.80. The summed E-state index contributed by atoms with van der Waals surface area (Å²) in [5.41, 5.74) is 1.60. The maximum atomic E-state index is 12.9. The van der Waals surface area contributed by atoms with Gasteiger partial charge < -0.3 is 18.8 Å². The van der Waals surface area contributed by atoms with Gasteiger partial charge in [-0.3, -0.25) is 4.79 Å². The van der Waals surface area contributed by atoms with Crippen molar-refractivity contribution in [3.63, 3.8) is 0 Å². The number of carbonyl (C=O) groups is 1. The predicted octanol–water partition coefficient (Wildman–Crippen LogP) is 3.63. The van der Waals surface area contributed by atoms with Gasteiger partial charge in [0.2, 0.25) is 0 Å². The molecule has 130 valence electrons. The van der Waals surface area contributed by atoms with Gasteiger partial charge in [-0.1, -0.05) is 12.1 Å². The van der Waals surface area contributed by atoms with Gasteiger partial charge in [0, 0.05) is 30.4 Å². The number of aryl methyl sites for hydroxylation is 1. The fourth-order valence-electron chi connectivity index (χ4n) is 3.03. The number of Topliss-reactive ketones (excluding diaryl/α,β-unsaturated/α-hetero) is 1. The molecule has 0 fully saturated rings. The van der Waals surface area contributed by atoms with Gasteiger partial charge in [0.15, 0.2) is 17.3 Å². The van der Waals surface area contributed by atoms with Crippen LogP contribution in [0.25, 0.3) is 10.8 Å². The first kappa shape index (κ1) is 16.9. The second kappa shape index (κ2) is 6.89. The highest BCUT2D eigenvalue weighted by Gasteiger charge is 2.18. The van der Waals surface area contributed by atoms with E-state index in [0.29, 0.717) is 23.6 Å². The zero-order valence-corrected chi connectivity index (χ0v) is 14.8. The van der Waals surface area contributed by atoms with Gasteiger partial charge in [0.25, 0.3) is 0 Å². The first-order valence-corrected chi connectivity index (χ1v) is 7.94. The molecule has 0 unspecified atom stereocenters. The lowest BCUT2D eigenvalue weighted by molar-refractivity contribution is 0.0987. The van der Waals surface area contributed by atoms with Crippen LogP contribution in [0.5, 0.6) is 17.2 Å². The van der Waals surface area contributed by atoms with E-state index in [9.17, 15) is 4.79 Å². The molecule has 0 N–H and O–H groups in total. The SMILES string of the molecule is COc1ccc(CC(=O)c2c3cc(OC)c(OC)cc3cn2C)cc1. The Morgan fingerprint density at radius 1 is 0.960 bits per heavy atom. The van der Waals surface area contributed by atoms with Crippen LogP contribution >= 0.6 is 0 Å². The fraction of sp³-hybridized carbons (Fsp3) is 0.250. The molecule has 0 aliphatic heterocycles. The summed E-state index contributed by atoms with van der Waals surface area (Å²) in [6.07, 6.45) is 2.25. The molecule has 0 saturated carbocycles. The number of aromatic nitrogens is 1. The van der Waals surface area contributed by atoms with Crippen molar-refractivity contribution in [1.82, 2.24) is 4.57 Å². The van der Waals surface area contributed by atoms with E-state index in [0.717, 1.165) is 22.1 Å². The molecule has 0 amide bonds. The lowest BCUT2D eigenvalue weighted by Crippen LogP contribution is -2.09. The van der Waals surface area contributed by atoms with E-state index in [1.165, 1.54) is 0 Å². The number of benzene rings is 2. The maximum absolute atomic E-state index is 12.9. The number of hydrogen-bond acceptors (Lipinski definition) is 4. The molecule has 5 nitrogen and oxygen atoms in total. The molecule has 0 radical (unpaired) electrons. The van der Waals surface area contributed by atoms with Crippen LogP contribution in [-0.2, 0) is 13.5 Å². The second-order valence-electron chi connectivity index (χ2n) is 5.83. The highest BCUT2D eigenvalue weighted by Crippen LogP contribution is 2.34. The molecule has 25 heavy (non-hydrogen) atoms. The molecular weight excluding hydrogens is 318 g/mol. The number of hydrogen-bond donors (Lipinski definition) is 0. The molecular formula is C20H21NO4. The summed E-state index contributed by atoms with van der Waals surface area (Å²) in [7, 11) is 6.69. The van der Waals surface area contributed by atoms with Crippen molar-refractivity contribution in [2.75, 3.05) is 21.3 Å². The van der Waals surface area contributed by atoms with Gasteiger partial charge in [-0.05, 0) is 29.8 Å². The zero-order chi connectivity index (χ0) is 18.0. The highest BCUT2D eigenvalue weighted by molar-refractivity contribution is 6.09. The van der Waals surface area contributed by atoms with Crippen LogP contribution in [0.1, 0.15) is 16.1 Å². The molecule has 0 atom stereocenters. The Morgan fingerprint density at radius 2 is 1.60 bits per heavy atom. The van der Waals surface area contributed by atoms with E-state index >= 15 is 0 Å².